The minimum atomic E-state index is 0.502. The van der Waals surface area contributed by atoms with Crippen LogP contribution in [-0.4, -0.2) is 0 Å². The van der Waals surface area contributed by atoms with Gasteiger partial charge in [0.1, 0.15) is 0 Å². The van der Waals surface area contributed by atoms with E-state index in [0.29, 0.717) is 10.8 Å². The summed E-state index contributed by atoms with van der Waals surface area (Å²) in [6.45, 7) is 17.7. The molecule has 6 unspecified atom stereocenters. The molecule has 3 aliphatic rings. The molecule has 0 aromatic carbocycles. The zero-order valence-corrected chi connectivity index (χ0v) is 16.3. The van der Waals surface area contributed by atoms with Gasteiger partial charge in [-0.1, -0.05) is 61.3 Å². The highest BCUT2D eigenvalue weighted by Gasteiger charge is 2.57. The van der Waals surface area contributed by atoms with Crippen LogP contribution in [0.25, 0.3) is 0 Å². The van der Waals surface area contributed by atoms with Gasteiger partial charge in [0.05, 0.1) is 0 Å². The predicted molar refractivity (Wildman–Crippen MR) is 96.7 cm³/mol. The van der Waals surface area contributed by atoms with Gasteiger partial charge >= 0.3 is 0 Å². The second kappa shape index (κ2) is 5.52. The average Bonchev–Trinajstić information content (AvgIpc) is 2.71. The summed E-state index contributed by atoms with van der Waals surface area (Å²) in [5, 5.41) is 0. The first-order chi connectivity index (χ1) is 10.1. The zero-order valence-electron chi connectivity index (χ0n) is 16.3. The van der Waals surface area contributed by atoms with Gasteiger partial charge in [0, 0.05) is 0 Å². The second-order valence-electron chi connectivity index (χ2n) is 11.1. The molecule has 0 bridgehead atoms. The molecule has 3 fully saturated rings. The van der Waals surface area contributed by atoms with Gasteiger partial charge in [-0.15, -0.1) is 0 Å². The van der Waals surface area contributed by atoms with Crippen molar-refractivity contribution in [1.82, 2.24) is 0 Å². The van der Waals surface area contributed by atoms with E-state index in [1.54, 1.807) is 12.8 Å². The smallest absolute Gasteiger partial charge is 0.0321 e. The van der Waals surface area contributed by atoms with E-state index in [4.69, 9.17) is 0 Å². The van der Waals surface area contributed by atoms with Gasteiger partial charge in [-0.2, -0.15) is 0 Å². The minimum Gasteiger partial charge on any atom is -0.0619 e. The Morgan fingerprint density at radius 2 is 0.955 bits per heavy atom. The summed E-state index contributed by atoms with van der Waals surface area (Å²) >= 11 is 0. The van der Waals surface area contributed by atoms with Crippen LogP contribution in [0.5, 0.6) is 0 Å². The van der Waals surface area contributed by atoms with Crippen molar-refractivity contribution >= 4 is 0 Å². The Labute approximate surface area is 139 Å². The van der Waals surface area contributed by atoms with Crippen LogP contribution < -0.4 is 0 Å². The largest absolute Gasteiger partial charge is 0.0619 e. The molecule has 0 radical (unpaired) electrons. The van der Waals surface area contributed by atoms with E-state index in [1.807, 2.05) is 0 Å². The maximum Gasteiger partial charge on any atom is -0.0321 e. The van der Waals surface area contributed by atoms with Gasteiger partial charge in [0.2, 0.25) is 0 Å². The Balaban J connectivity index is 1.93. The molecule has 22 heavy (non-hydrogen) atoms. The lowest BCUT2D eigenvalue weighted by Gasteiger charge is -2.45. The molecule has 3 aliphatic carbocycles. The van der Waals surface area contributed by atoms with Gasteiger partial charge in [0.25, 0.3) is 0 Å². The molecular formula is C22H40. The SMILES string of the molecule is CC1C2C(CCCC2C(C)(C)C)C2CCCC(C(C)(C)C)C12. The van der Waals surface area contributed by atoms with Crippen molar-refractivity contribution < 1.29 is 0 Å². The molecular weight excluding hydrogens is 264 g/mol. The van der Waals surface area contributed by atoms with Crippen molar-refractivity contribution in [2.24, 2.45) is 52.3 Å². The molecule has 0 saturated heterocycles. The summed E-state index contributed by atoms with van der Waals surface area (Å²) < 4.78 is 0. The summed E-state index contributed by atoms with van der Waals surface area (Å²) in [7, 11) is 0. The molecule has 0 aliphatic heterocycles. The number of rotatable bonds is 0. The van der Waals surface area contributed by atoms with E-state index >= 15 is 0 Å². The first-order valence-corrected chi connectivity index (χ1v) is 10.1. The molecule has 3 rings (SSSR count). The zero-order chi connectivity index (χ0) is 16.3. The lowest BCUT2D eigenvalue weighted by molar-refractivity contribution is 0.0423. The van der Waals surface area contributed by atoms with Gasteiger partial charge in [-0.25, -0.2) is 0 Å². The van der Waals surface area contributed by atoms with E-state index in [0.717, 1.165) is 41.4 Å². The molecule has 0 aromatic rings. The summed E-state index contributed by atoms with van der Waals surface area (Å²) in [4.78, 5) is 0. The van der Waals surface area contributed by atoms with Crippen LogP contribution in [0.2, 0.25) is 0 Å². The number of hydrogen-bond donors (Lipinski definition) is 0. The van der Waals surface area contributed by atoms with Crippen LogP contribution in [0.15, 0.2) is 0 Å². The van der Waals surface area contributed by atoms with Gasteiger partial charge < -0.3 is 0 Å². The van der Waals surface area contributed by atoms with Crippen molar-refractivity contribution in [2.45, 2.75) is 87.0 Å². The molecule has 6 atom stereocenters. The van der Waals surface area contributed by atoms with Crippen molar-refractivity contribution in [2.75, 3.05) is 0 Å². The highest BCUT2D eigenvalue weighted by Crippen LogP contribution is 2.64. The lowest BCUT2D eigenvalue weighted by Crippen LogP contribution is -2.38. The molecule has 0 nitrogen and oxygen atoms in total. The highest BCUT2D eigenvalue weighted by molar-refractivity contribution is 5.06. The van der Waals surface area contributed by atoms with E-state index in [-0.39, 0.29) is 0 Å². The van der Waals surface area contributed by atoms with E-state index in [9.17, 15) is 0 Å². The highest BCUT2D eigenvalue weighted by atomic mass is 14.6. The Hall–Kier alpha value is 0. The third kappa shape index (κ3) is 2.67. The van der Waals surface area contributed by atoms with Crippen LogP contribution in [-0.2, 0) is 0 Å². The van der Waals surface area contributed by atoms with Crippen molar-refractivity contribution in [3.63, 3.8) is 0 Å². The first-order valence-electron chi connectivity index (χ1n) is 10.1. The van der Waals surface area contributed by atoms with Crippen LogP contribution in [0.4, 0.5) is 0 Å². The second-order valence-corrected chi connectivity index (χ2v) is 11.1. The number of fused-ring (bicyclic) bond motifs is 3. The Morgan fingerprint density at radius 1 is 0.591 bits per heavy atom. The maximum absolute atomic E-state index is 2.65. The third-order valence-corrected chi connectivity index (χ3v) is 8.01. The number of hydrogen-bond acceptors (Lipinski definition) is 0. The molecule has 0 spiro atoms. The van der Waals surface area contributed by atoms with E-state index in [1.165, 1.54) is 25.7 Å². The molecule has 0 amide bonds. The predicted octanol–water partition coefficient (Wildman–Crippen LogP) is 6.79. The normalized spacial score (nSPS) is 46.2. The molecule has 3 saturated carbocycles. The quantitative estimate of drug-likeness (QED) is 0.462. The van der Waals surface area contributed by atoms with Crippen LogP contribution in [0, 0.1) is 52.3 Å². The Kier molecular flexibility index (Phi) is 4.23. The van der Waals surface area contributed by atoms with Gasteiger partial charge in [0.15, 0.2) is 0 Å². The van der Waals surface area contributed by atoms with E-state index < -0.39 is 0 Å². The summed E-state index contributed by atoms with van der Waals surface area (Å²) in [6.07, 6.45) is 9.07. The van der Waals surface area contributed by atoms with Crippen LogP contribution in [0.1, 0.15) is 87.0 Å². The van der Waals surface area contributed by atoms with Gasteiger partial charge in [-0.3, -0.25) is 0 Å². The lowest BCUT2D eigenvalue weighted by atomic mass is 9.60. The fraction of sp³-hybridized carbons (Fsp3) is 1.00. The molecule has 0 aromatic heterocycles. The molecule has 128 valence electrons. The van der Waals surface area contributed by atoms with E-state index in [2.05, 4.69) is 48.5 Å². The van der Waals surface area contributed by atoms with Gasteiger partial charge in [-0.05, 0) is 77.9 Å². The molecule has 0 heteroatoms. The summed E-state index contributed by atoms with van der Waals surface area (Å²) in [5.41, 5.74) is 1.00. The molecule has 0 N–H and O–H groups in total. The molecule has 0 heterocycles. The van der Waals surface area contributed by atoms with Crippen molar-refractivity contribution in [3.05, 3.63) is 0 Å². The first kappa shape index (κ1) is 16.8. The Morgan fingerprint density at radius 3 is 1.27 bits per heavy atom. The standard InChI is InChI=1S/C22H40/c1-14-19-15(10-8-12-17(19)21(2,3)4)16-11-9-13-18(20(14)16)22(5,6)7/h14-20H,8-13H2,1-7H3. The maximum atomic E-state index is 2.65. The van der Waals surface area contributed by atoms with Crippen LogP contribution in [0.3, 0.4) is 0 Å². The Bertz CT molecular complexity index is 355. The topological polar surface area (TPSA) is 0 Å². The fourth-order valence-electron chi connectivity index (χ4n) is 7.30. The third-order valence-electron chi connectivity index (χ3n) is 8.01. The summed E-state index contributed by atoms with van der Waals surface area (Å²) in [5.74, 6) is 7.05. The monoisotopic (exact) mass is 304 g/mol. The average molecular weight is 305 g/mol. The fourth-order valence-corrected chi connectivity index (χ4v) is 7.30. The minimum absolute atomic E-state index is 0.502. The van der Waals surface area contributed by atoms with Crippen molar-refractivity contribution in [1.29, 1.82) is 0 Å². The summed E-state index contributed by atoms with van der Waals surface area (Å²) in [6, 6.07) is 0. The van der Waals surface area contributed by atoms with Crippen molar-refractivity contribution in [3.8, 4) is 0 Å². The van der Waals surface area contributed by atoms with Crippen LogP contribution >= 0.6 is 0 Å².